The molecule has 4 heteroatoms. The Morgan fingerprint density at radius 1 is 1.38 bits per heavy atom. The Balaban J connectivity index is 2.01. The number of ether oxygens (including phenoxy) is 1. The summed E-state index contributed by atoms with van der Waals surface area (Å²) < 4.78 is 5.66. The zero-order valence-corrected chi connectivity index (χ0v) is 13.3. The molecule has 2 atom stereocenters. The maximum absolute atomic E-state index is 12.2. The first-order valence-electron chi connectivity index (χ1n) is 7.79. The molecule has 0 heterocycles. The Morgan fingerprint density at radius 3 is 2.76 bits per heavy atom. The predicted molar refractivity (Wildman–Crippen MR) is 86.6 cm³/mol. The van der Waals surface area contributed by atoms with Crippen molar-refractivity contribution in [3.8, 4) is 0 Å². The smallest absolute Gasteiger partial charge is 0.338 e. The zero-order valence-electron chi connectivity index (χ0n) is 13.3. The summed E-state index contributed by atoms with van der Waals surface area (Å²) in [6.45, 7) is 2.20. The lowest BCUT2D eigenvalue weighted by atomic mass is 9.85. The molecule has 0 radical (unpaired) electrons. The van der Waals surface area contributed by atoms with Gasteiger partial charge in [0.25, 0.3) is 0 Å². The van der Waals surface area contributed by atoms with Gasteiger partial charge in [0, 0.05) is 14.1 Å². The topological polar surface area (TPSA) is 55.6 Å². The van der Waals surface area contributed by atoms with E-state index in [4.69, 9.17) is 10.5 Å². The van der Waals surface area contributed by atoms with Gasteiger partial charge in [-0.25, -0.2) is 4.79 Å². The number of benzene rings is 1. The van der Waals surface area contributed by atoms with Crippen molar-refractivity contribution < 1.29 is 9.53 Å². The average Bonchev–Trinajstić information content (AvgIpc) is 2.46. The molecule has 2 rings (SSSR count). The number of nitrogens with zero attached hydrogens (tertiary/aromatic N) is 1. The second kappa shape index (κ2) is 6.83. The molecule has 1 aliphatic carbocycles. The molecule has 0 saturated heterocycles. The van der Waals surface area contributed by atoms with Crippen LogP contribution in [0.5, 0.6) is 0 Å². The van der Waals surface area contributed by atoms with Gasteiger partial charge < -0.3 is 15.4 Å². The molecule has 0 aromatic heterocycles. The normalized spacial score (nSPS) is 21.9. The second-order valence-corrected chi connectivity index (χ2v) is 6.14. The number of anilines is 2. The molecular formula is C17H26N2O2. The number of carbonyl (C=O) groups excluding carboxylic acids is 1. The predicted octanol–water partition coefficient (Wildman–Crippen LogP) is 3.46. The molecule has 116 valence electrons. The molecule has 0 spiro atoms. The van der Waals surface area contributed by atoms with E-state index in [1.807, 2.05) is 25.1 Å². The summed E-state index contributed by atoms with van der Waals surface area (Å²) in [5.41, 5.74) is 8.04. The summed E-state index contributed by atoms with van der Waals surface area (Å²) in [5.74, 6) is 0.437. The van der Waals surface area contributed by atoms with Crippen molar-refractivity contribution in [2.75, 3.05) is 24.7 Å². The fourth-order valence-corrected chi connectivity index (χ4v) is 3.03. The van der Waals surface area contributed by atoms with Crippen molar-refractivity contribution in [1.82, 2.24) is 0 Å². The van der Waals surface area contributed by atoms with Crippen molar-refractivity contribution in [2.45, 2.75) is 45.1 Å². The summed E-state index contributed by atoms with van der Waals surface area (Å²) >= 11 is 0. The number of nitrogen functional groups attached to an aromatic ring is 1. The van der Waals surface area contributed by atoms with Crippen LogP contribution in [0.2, 0.25) is 0 Å². The first kappa shape index (κ1) is 15.7. The third-order valence-corrected chi connectivity index (χ3v) is 4.33. The van der Waals surface area contributed by atoms with Gasteiger partial charge in [-0.3, -0.25) is 0 Å². The SMILES string of the molecule is CCC1CCCC(OC(=O)c2ccc(N(C)C)c(N)c2)C1. The Bertz CT molecular complexity index is 500. The molecule has 1 aliphatic rings. The van der Waals surface area contributed by atoms with Crippen LogP contribution < -0.4 is 10.6 Å². The van der Waals surface area contributed by atoms with E-state index in [1.165, 1.54) is 12.8 Å². The quantitative estimate of drug-likeness (QED) is 0.681. The Labute approximate surface area is 127 Å². The highest BCUT2D eigenvalue weighted by Crippen LogP contribution is 2.29. The minimum Gasteiger partial charge on any atom is -0.459 e. The van der Waals surface area contributed by atoms with Crippen molar-refractivity contribution >= 4 is 17.3 Å². The van der Waals surface area contributed by atoms with E-state index < -0.39 is 0 Å². The van der Waals surface area contributed by atoms with Gasteiger partial charge in [-0.2, -0.15) is 0 Å². The van der Waals surface area contributed by atoms with Crippen molar-refractivity contribution in [1.29, 1.82) is 0 Å². The monoisotopic (exact) mass is 290 g/mol. The van der Waals surface area contributed by atoms with Crippen molar-refractivity contribution in [2.24, 2.45) is 5.92 Å². The third-order valence-electron chi connectivity index (χ3n) is 4.33. The van der Waals surface area contributed by atoms with Crippen LogP contribution in [-0.4, -0.2) is 26.2 Å². The largest absolute Gasteiger partial charge is 0.459 e. The van der Waals surface area contributed by atoms with Crippen LogP contribution in [0.3, 0.4) is 0 Å². The molecule has 0 amide bonds. The van der Waals surface area contributed by atoms with E-state index in [-0.39, 0.29) is 12.1 Å². The lowest BCUT2D eigenvalue weighted by Gasteiger charge is -2.28. The second-order valence-electron chi connectivity index (χ2n) is 6.14. The van der Waals surface area contributed by atoms with Crippen LogP contribution >= 0.6 is 0 Å². The lowest BCUT2D eigenvalue weighted by molar-refractivity contribution is 0.0140. The van der Waals surface area contributed by atoms with E-state index in [2.05, 4.69) is 6.92 Å². The molecule has 21 heavy (non-hydrogen) atoms. The molecule has 2 unspecified atom stereocenters. The molecular weight excluding hydrogens is 264 g/mol. The lowest BCUT2D eigenvalue weighted by Crippen LogP contribution is -2.25. The van der Waals surface area contributed by atoms with E-state index >= 15 is 0 Å². The van der Waals surface area contributed by atoms with Gasteiger partial charge in [-0.15, -0.1) is 0 Å². The van der Waals surface area contributed by atoms with E-state index in [0.29, 0.717) is 17.2 Å². The van der Waals surface area contributed by atoms with Crippen LogP contribution in [0.1, 0.15) is 49.4 Å². The number of hydrogen-bond donors (Lipinski definition) is 1. The Morgan fingerprint density at radius 2 is 2.14 bits per heavy atom. The van der Waals surface area contributed by atoms with Crippen LogP contribution in [0.25, 0.3) is 0 Å². The number of esters is 1. The van der Waals surface area contributed by atoms with E-state index in [1.54, 1.807) is 12.1 Å². The highest BCUT2D eigenvalue weighted by molar-refractivity contribution is 5.92. The Hall–Kier alpha value is -1.71. The molecule has 0 aliphatic heterocycles. The fraction of sp³-hybridized carbons (Fsp3) is 0.588. The van der Waals surface area contributed by atoms with E-state index in [9.17, 15) is 4.79 Å². The molecule has 0 bridgehead atoms. The van der Waals surface area contributed by atoms with Gasteiger partial charge in [0.1, 0.15) is 6.10 Å². The summed E-state index contributed by atoms with van der Waals surface area (Å²) in [5, 5.41) is 0. The first-order chi connectivity index (χ1) is 10.0. The highest BCUT2D eigenvalue weighted by atomic mass is 16.5. The van der Waals surface area contributed by atoms with Crippen molar-refractivity contribution in [3.63, 3.8) is 0 Å². The molecule has 2 N–H and O–H groups in total. The maximum atomic E-state index is 12.2. The van der Waals surface area contributed by atoms with Crippen LogP contribution in [-0.2, 0) is 4.74 Å². The van der Waals surface area contributed by atoms with Crippen LogP contribution in [0.4, 0.5) is 11.4 Å². The minimum atomic E-state index is -0.256. The van der Waals surface area contributed by atoms with E-state index in [0.717, 1.165) is 24.9 Å². The van der Waals surface area contributed by atoms with Gasteiger partial charge in [0.05, 0.1) is 16.9 Å². The molecule has 4 nitrogen and oxygen atoms in total. The standard InChI is InChI=1S/C17H26N2O2/c1-4-12-6-5-7-14(10-12)21-17(20)13-8-9-16(19(2)3)15(18)11-13/h8-9,11-12,14H,4-7,10,18H2,1-3H3. The number of nitrogens with two attached hydrogens (primary N) is 1. The summed E-state index contributed by atoms with van der Waals surface area (Å²) in [6, 6.07) is 5.35. The molecule has 1 aromatic rings. The van der Waals surface area contributed by atoms with Gasteiger partial charge >= 0.3 is 5.97 Å². The van der Waals surface area contributed by atoms with Gasteiger partial charge in [0.15, 0.2) is 0 Å². The first-order valence-corrected chi connectivity index (χ1v) is 7.79. The van der Waals surface area contributed by atoms with Crippen molar-refractivity contribution in [3.05, 3.63) is 23.8 Å². The average molecular weight is 290 g/mol. The van der Waals surface area contributed by atoms with Gasteiger partial charge in [0.2, 0.25) is 0 Å². The molecule has 1 aromatic carbocycles. The van der Waals surface area contributed by atoms with Gasteiger partial charge in [-0.1, -0.05) is 19.8 Å². The summed E-state index contributed by atoms with van der Waals surface area (Å²) in [7, 11) is 3.85. The summed E-state index contributed by atoms with van der Waals surface area (Å²) in [6.07, 6.45) is 5.61. The number of rotatable bonds is 4. The third kappa shape index (κ3) is 3.90. The zero-order chi connectivity index (χ0) is 15.4. The van der Waals surface area contributed by atoms with Crippen LogP contribution in [0, 0.1) is 5.92 Å². The maximum Gasteiger partial charge on any atom is 0.338 e. The fourth-order valence-electron chi connectivity index (χ4n) is 3.03. The Kier molecular flexibility index (Phi) is 5.10. The molecule has 1 saturated carbocycles. The number of hydrogen-bond acceptors (Lipinski definition) is 4. The number of carbonyl (C=O) groups is 1. The van der Waals surface area contributed by atoms with Gasteiger partial charge in [-0.05, 0) is 43.4 Å². The molecule has 1 fully saturated rings. The van der Waals surface area contributed by atoms with Crippen LogP contribution in [0.15, 0.2) is 18.2 Å². The minimum absolute atomic E-state index is 0.0611. The summed E-state index contributed by atoms with van der Waals surface area (Å²) in [4.78, 5) is 14.2. The highest BCUT2D eigenvalue weighted by Gasteiger charge is 2.24.